The largest absolute Gasteiger partial charge is 0.352 e. The summed E-state index contributed by atoms with van der Waals surface area (Å²) in [6.07, 6.45) is 1.80. The van der Waals surface area contributed by atoms with Crippen LogP contribution in [-0.2, 0) is 10.0 Å². The molecule has 0 aliphatic heterocycles. The van der Waals surface area contributed by atoms with Gasteiger partial charge in [0.1, 0.15) is 0 Å². The first-order chi connectivity index (χ1) is 10.1. The molecule has 0 aliphatic rings. The van der Waals surface area contributed by atoms with Gasteiger partial charge in [-0.2, -0.15) is 4.31 Å². The average molecular weight is 326 g/mol. The molecule has 0 spiro atoms. The lowest BCUT2D eigenvalue weighted by Crippen LogP contribution is -2.38. The minimum atomic E-state index is -3.21. The van der Waals surface area contributed by atoms with Crippen molar-refractivity contribution in [3.8, 4) is 0 Å². The van der Waals surface area contributed by atoms with Gasteiger partial charge in [-0.1, -0.05) is 12.1 Å². The number of carbonyl (C=O) groups excluding carboxylic acids is 1. The highest BCUT2D eigenvalue weighted by atomic mass is 32.2. The summed E-state index contributed by atoms with van der Waals surface area (Å²) in [5.74, 6) is -0.114. The highest BCUT2D eigenvalue weighted by Gasteiger charge is 2.19. The van der Waals surface area contributed by atoms with Crippen LogP contribution in [0, 0.1) is 13.8 Å². The second-order valence-electron chi connectivity index (χ2n) is 5.82. The van der Waals surface area contributed by atoms with E-state index in [0.29, 0.717) is 25.1 Å². The summed E-state index contributed by atoms with van der Waals surface area (Å²) in [4.78, 5) is 12.2. The third-order valence-corrected chi connectivity index (χ3v) is 5.15. The van der Waals surface area contributed by atoms with Crippen molar-refractivity contribution in [1.29, 1.82) is 0 Å². The normalized spacial score (nSPS) is 12.0. The van der Waals surface area contributed by atoms with E-state index >= 15 is 0 Å². The van der Waals surface area contributed by atoms with Crippen molar-refractivity contribution in [3.05, 3.63) is 34.9 Å². The minimum Gasteiger partial charge on any atom is -0.352 e. The van der Waals surface area contributed by atoms with Crippen LogP contribution >= 0.6 is 0 Å². The van der Waals surface area contributed by atoms with Crippen LogP contribution < -0.4 is 5.32 Å². The highest BCUT2D eigenvalue weighted by Crippen LogP contribution is 2.12. The fourth-order valence-corrected chi connectivity index (χ4v) is 3.56. The monoisotopic (exact) mass is 326 g/mol. The van der Waals surface area contributed by atoms with Crippen molar-refractivity contribution >= 4 is 15.9 Å². The van der Waals surface area contributed by atoms with Gasteiger partial charge in [0.2, 0.25) is 10.0 Å². The number of amides is 1. The maximum Gasteiger partial charge on any atom is 0.251 e. The van der Waals surface area contributed by atoms with E-state index in [1.165, 1.54) is 10.6 Å². The van der Waals surface area contributed by atoms with Crippen LogP contribution in [0.25, 0.3) is 0 Å². The zero-order valence-corrected chi connectivity index (χ0v) is 14.8. The topological polar surface area (TPSA) is 66.5 Å². The van der Waals surface area contributed by atoms with Crippen LogP contribution in [0.2, 0.25) is 0 Å². The molecule has 1 aromatic carbocycles. The number of rotatable bonds is 7. The summed E-state index contributed by atoms with van der Waals surface area (Å²) in [5.41, 5.74) is 2.72. The van der Waals surface area contributed by atoms with Gasteiger partial charge in [0.15, 0.2) is 0 Å². The molecule has 0 saturated carbocycles. The molecule has 1 amide bonds. The molecule has 0 radical (unpaired) electrons. The molecule has 0 aliphatic carbocycles. The number of carbonyl (C=O) groups is 1. The molecule has 0 unspecified atom stereocenters. The fraction of sp³-hybridized carbons (Fsp3) is 0.562. The lowest BCUT2D eigenvalue weighted by atomic mass is 10.0. The number of hydrogen-bond donors (Lipinski definition) is 1. The molecule has 0 aromatic heterocycles. The van der Waals surface area contributed by atoms with Gasteiger partial charge in [-0.15, -0.1) is 0 Å². The number of nitrogens with zero attached hydrogens (tertiary/aromatic N) is 1. The van der Waals surface area contributed by atoms with Gasteiger partial charge >= 0.3 is 0 Å². The molecule has 0 fully saturated rings. The molecule has 0 atom stereocenters. The summed E-state index contributed by atoms with van der Waals surface area (Å²) in [5, 5.41) is 2.85. The fourth-order valence-electron chi connectivity index (χ4n) is 2.34. The molecule has 22 heavy (non-hydrogen) atoms. The Morgan fingerprint density at radius 1 is 1.27 bits per heavy atom. The van der Waals surface area contributed by atoms with E-state index < -0.39 is 10.0 Å². The SMILES string of the molecule is Cc1cccc(C(=O)NCCCN(C(C)C)S(C)(=O)=O)c1C. The molecular formula is C16H26N2O3S. The van der Waals surface area contributed by atoms with Crippen LogP contribution in [0.3, 0.4) is 0 Å². The molecule has 0 heterocycles. The summed E-state index contributed by atoms with van der Waals surface area (Å²) in [7, 11) is -3.21. The lowest BCUT2D eigenvalue weighted by Gasteiger charge is -2.23. The van der Waals surface area contributed by atoms with Gasteiger partial charge in [-0.25, -0.2) is 8.42 Å². The van der Waals surface area contributed by atoms with Crippen LogP contribution in [0.4, 0.5) is 0 Å². The summed E-state index contributed by atoms with van der Waals surface area (Å²) < 4.78 is 24.7. The zero-order chi connectivity index (χ0) is 16.9. The predicted molar refractivity (Wildman–Crippen MR) is 89.6 cm³/mol. The van der Waals surface area contributed by atoms with E-state index in [0.717, 1.165) is 11.1 Å². The van der Waals surface area contributed by atoms with E-state index in [1.807, 2.05) is 39.8 Å². The first-order valence-electron chi connectivity index (χ1n) is 7.45. The maximum atomic E-state index is 12.2. The van der Waals surface area contributed by atoms with Gasteiger partial charge in [0.05, 0.1) is 6.26 Å². The standard InChI is InChI=1S/C16H26N2O3S/c1-12(2)18(22(5,20)21)11-7-10-17-16(19)15-9-6-8-13(3)14(15)4/h6,8-9,12H,7,10-11H2,1-5H3,(H,17,19). The van der Waals surface area contributed by atoms with Crippen molar-refractivity contribution in [2.45, 2.75) is 40.2 Å². The Kier molecular flexibility index (Phi) is 6.56. The number of hydrogen-bond acceptors (Lipinski definition) is 3. The summed E-state index contributed by atoms with van der Waals surface area (Å²) in [6, 6.07) is 5.55. The first-order valence-corrected chi connectivity index (χ1v) is 9.30. The van der Waals surface area contributed by atoms with Crippen molar-refractivity contribution in [2.75, 3.05) is 19.3 Å². The number of aryl methyl sites for hydroxylation is 1. The van der Waals surface area contributed by atoms with Crippen molar-refractivity contribution in [3.63, 3.8) is 0 Å². The van der Waals surface area contributed by atoms with Crippen LogP contribution in [0.1, 0.15) is 41.8 Å². The van der Waals surface area contributed by atoms with Gasteiger partial charge < -0.3 is 5.32 Å². The van der Waals surface area contributed by atoms with Crippen LogP contribution in [0.15, 0.2) is 18.2 Å². The maximum absolute atomic E-state index is 12.2. The van der Waals surface area contributed by atoms with E-state index in [2.05, 4.69) is 5.32 Å². The average Bonchev–Trinajstić information content (AvgIpc) is 2.39. The van der Waals surface area contributed by atoms with Crippen molar-refractivity contribution in [2.24, 2.45) is 0 Å². The molecule has 6 heteroatoms. The Morgan fingerprint density at radius 2 is 1.91 bits per heavy atom. The molecule has 5 nitrogen and oxygen atoms in total. The van der Waals surface area contributed by atoms with E-state index in [4.69, 9.17) is 0 Å². The Hall–Kier alpha value is -1.40. The quantitative estimate of drug-likeness (QED) is 0.780. The molecule has 124 valence electrons. The Balaban J connectivity index is 2.54. The highest BCUT2D eigenvalue weighted by molar-refractivity contribution is 7.88. The number of sulfonamides is 1. The van der Waals surface area contributed by atoms with Gasteiger partial charge in [-0.3, -0.25) is 4.79 Å². The van der Waals surface area contributed by atoms with Gasteiger partial charge in [0.25, 0.3) is 5.91 Å². The van der Waals surface area contributed by atoms with E-state index in [9.17, 15) is 13.2 Å². The van der Waals surface area contributed by atoms with Crippen LogP contribution in [-0.4, -0.2) is 44.0 Å². The molecule has 0 bridgehead atoms. The minimum absolute atomic E-state index is 0.0790. The van der Waals surface area contributed by atoms with E-state index in [1.54, 1.807) is 6.07 Å². The second-order valence-corrected chi connectivity index (χ2v) is 7.76. The molecule has 1 rings (SSSR count). The van der Waals surface area contributed by atoms with Crippen LogP contribution in [0.5, 0.6) is 0 Å². The Bertz CT molecular complexity index is 624. The zero-order valence-electron chi connectivity index (χ0n) is 14.0. The molecular weight excluding hydrogens is 300 g/mol. The van der Waals surface area contributed by atoms with Gasteiger partial charge in [-0.05, 0) is 51.3 Å². The summed E-state index contributed by atoms with van der Waals surface area (Å²) >= 11 is 0. The van der Waals surface area contributed by atoms with Crippen molar-refractivity contribution in [1.82, 2.24) is 9.62 Å². The van der Waals surface area contributed by atoms with Crippen molar-refractivity contribution < 1.29 is 13.2 Å². The van der Waals surface area contributed by atoms with Gasteiger partial charge in [0, 0.05) is 24.7 Å². The lowest BCUT2D eigenvalue weighted by molar-refractivity contribution is 0.0952. The third kappa shape index (κ3) is 5.10. The summed E-state index contributed by atoms with van der Waals surface area (Å²) in [6.45, 7) is 8.44. The molecule has 0 saturated heterocycles. The predicted octanol–water partition coefficient (Wildman–Crippen LogP) is 2.09. The molecule has 1 N–H and O–H groups in total. The number of nitrogens with one attached hydrogen (secondary N) is 1. The van der Waals surface area contributed by atoms with E-state index in [-0.39, 0.29) is 11.9 Å². The third-order valence-electron chi connectivity index (χ3n) is 3.69. The smallest absolute Gasteiger partial charge is 0.251 e. The molecule has 1 aromatic rings. The first kappa shape index (κ1) is 18.6. The second kappa shape index (κ2) is 7.74. The Labute approximate surface area is 133 Å². The number of benzene rings is 1. The Morgan fingerprint density at radius 3 is 2.45 bits per heavy atom.